The third kappa shape index (κ3) is 2.56. The number of hydrogen-bond donors (Lipinski definition) is 2. The molecular weight excluding hydrogens is 234 g/mol. The normalized spacial score (nSPS) is 22.8. The van der Waals surface area contributed by atoms with Crippen molar-refractivity contribution in [3.05, 3.63) is 35.9 Å². The van der Waals surface area contributed by atoms with Crippen LogP contribution in [0.3, 0.4) is 0 Å². The lowest BCUT2D eigenvalue weighted by Crippen LogP contribution is -2.18. The van der Waals surface area contributed by atoms with Gasteiger partial charge in [0.25, 0.3) is 0 Å². The second-order valence-corrected chi connectivity index (χ2v) is 5.65. The minimum absolute atomic E-state index is 0.530. The SMILES string of the molecule is CC1CCC(Nc2nc3ccccc3cc2CN)C1. The largest absolute Gasteiger partial charge is 0.367 e. The first-order chi connectivity index (χ1) is 9.26. The summed E-state index contributed by atoms with van der Waals surface area (Å²) in [6, 6.07) is 10.9. The summed E-state index contributed by atoms with van der Waals surface area (Å²) in [7, 11) is 0. The Balaban J connectivity index is 1.92. The predicted molar refractivity (Wildman–Crippen MR) is 80.1 cm³/mol. The molecule has 1 aromatic heterocycles. The lowest BCUT2D eigenvalue weighted by Gasteiger charge is -2.16. The van der Waals surface area contributed by atoms with Crippen LogP contribution in [0.4, 0.5) is 5.82 Å². The van der Waals surface area contributed by atoms with Gasteiger partial charge in [-0.25, -0.2) is 4.98 Å². The molecule has 3 N–H and O–H groups in total. The molecule has 1 heterocycles. The fourth-order valence-corrected chi connectivity index (χ4v) is 2.97. The summed E-state index contributed by atoms with van der Waals surface area (Å²) in [4.78, 5) is 4.74. The molecule has 2 unspecified atom stereocenters. The number of anilines is 1. The monoisotopic (exact) mass is 255 g/mol. The van der Waals surface area contributed by atoms with Gasteiger partial charge in [0.05, 0.1) is 5.52 Å². The Labute approximate surface area is 114 Å². The third-order valence-electron chi connectivity index (χ3n) is 4.06. The van der Waals surface area contributed by atoms with E-state index in [1.54, 1.807) is 0 Å². The molecule has 100 valence electrons. The van der Waals surface area contributed by atoms with Gasteiger partial charge in [-0.2, -0.15) is 0 Å². The van der Waals surface area contributed by atoms with Crippen LogP contribution in [0.1, 0.15) is 31.7 Å². The molecule has 3 rings (SSSR count). The molecule has 0 spiro atoms. The van der Waals surface area contributed by atoms with Gasteiger partial charge in [-0.3, -0.25) is 0 Å². The number of rotatable bonds is 3. The number of nitrogens with two attached hydrogens (primary N) is 1. The average Bonchev–Trinajstić information content (AvgIpc) is 2.83. The van der Waals surface area contributed by atoms with Crippen LogP contribution in [0.15, 0.2) is 30.3 Å². The molecule has 3 heteroatoms. The van der Waals surface area contributed by atoms with E-state index in [4.69, 9.17) is 10.7 Å². The van der Waals surface area contributed by atoms with Crippen LogP contribution >= 0.6 is 0 Å². The Bertz CT molecular complexity index is 579. The maximum absolute atomic E-state index is 5.86. The number of para-hydroxylation sites is 1. The summed E-state index contributed by atoms with van der Waals surface area (Å²) in [6.45, 7) is 2.85. The average molecular weight is 255 g/mol. The summed E-state index contributed by atoms with van der Waals surface area (Å²) in [5, 5.41) is 4.75. The highest BCUT2D eigenvalue weighted by Crippen LogP contribution is 2.29. The van der Waals surface area contributed by atoms with E-state index in [-0.39, 0.29) is 0 Å². The highest BCUT2D eigenvalue weighted by Gasteiger charge is 2.22. The van der Waals surface area contributed by atoms with E-state index >= 15 is 0 Å². The Morgan fingerprint density at radius 3 is 2.89 bits per heavy atom. The van der Waals surface area contributed by atoms with Crippen molar-refractivity contribution in [2.75, 3.05) is 5.32 Å². The van der Waals surface area contributed by atoms with E-state index in [1.165, 1.54) is 19.3 Å². The van der Waals surface area contributed by atoms with Gasteiger partial charge in [0.15, 0.2) is 0 Å². The highest BCUT2D eigenvalue weighted by molar-refractivity contribution is 5.81. The molecule has 0 saturated heterocycles. The molecule has 0 radical (unpaired) electrons. The first kappa shape index (κ1) is 12.4. The van der Waals surface area contributed by atoms with Crippen LogP contribution in [0.2, 0.25) is 0 Å². The van der Waals surface area contributed by atoms with Crippen molar-refractivity contribution in [3.63, 3.8) is 0 Å². The predicted octanol–water partition coefficient (Wildman–Crippen LogP) is 3.29. The van der Waals surface area contributed by atoms with Crippen LogP contribution in [0.25, 0.3) is 10.9 Å². The van der Waals surface area contributed by atoms with Crippen molar-refractivity contribution in [2.24, 2.45) is 11.7 Å². The van der Waals surface area contributed by atoms with E-state index in [2.05, 4.69) is 30.4 Å². The van der Waals surface area contributed by atoms with Gasteiger partial charge in [0, 0.05) is 23.5 Å². The lowest BCUT2D eigenvalue weighted by atomic mass is 10.1. The Morgan fingerprint density at radius 1 is 1.32 bits per heavy atom. The van der Waals surface area contributed by atoms with Crippen LogP contribution < -0.4 is 11.1 Å². The summed E-state index contributed by atoms with van der Waals surface area (Å²) >= 11 is 0. The van der Waals surface area contributed by atoms with Crippen molar-refractivity contribution in [1.29, 1.82) is 0 Å². The van der Waals surface area contributed by atoms with Gasteiger partial charge >= 0.3 is 0 Å². The minimum Gasteiger partial charge on any atom is -0.367 e. The standard InChI is InChI=1S/C16H21N3/c1-11-6-7-14(8-11)18-16-13(10-17)9-12-4-2-3-5-15(12)19-16/h2-5,9,11,14H,6-8,10,17H2,1H3,(H,18,19). The Morgan fingerprint density at radius 2 is 2.16 bits per heavy atom. The number of nitrogens with zero attached hydrogens (tertiary/aromatic N) is 1. The third-order valence-corrected chi connectivity index (χ3v) is 4.06. The van der Waals surface area contributed by atoms with Crippen LogP contribution in [-0.2, 0) is 6.54 Å². The molecule has 19 heavy (non-hydrogen) atoms. The lowest BCUT2D eigenvalue weighted by molar-refractivity contribution is 0.602. The molecule has 1 aliphatic rings. The fourth-order valence-electron chi connectivity index (χ4n) is 2.97. The summed E-state index contributed by atoms with van der Waals surface area (Å²) < 4.78 is 0. The Hall–Kier alpha value is -1.61. The maximum atomic E-state index is 5.86. The number of benzene rings is 1. The maximum Gasteiger partial charge on any atom is 0.131 e. The highest BCUT2D eigenvalue weighted by atomic mass is 15.0. The zero-order valence-corrected chi connectivity index (χ0v) is 11.4. The van der Waals surface area contributed by atoms with Crippen molar-refractivity contribution in [3.8, 4) is 0 Å². The number of fused-ring (bicyclic) bond motifs is 1. The fraction of sp³-hybridized carbons (Fsp3) is 0.438. The molecule has 0 aliphatic heterocycles. The van der Waals surface area contributed by atoms with Crippen molar-refractivity contribution in [1.82, 2.24) is 4.98 Å². The first-order valence-electron chi connectivity index (χ1n) is 7.11. The topological polar surface area (TPSA) is 50.9 Å². The van der Waals surface area contributed by atoms with Crippen molar-refractivity contribution >= 4 is 16.7 Å². The minimum atomic E-state index is 0.530. The van der Waals surface area contributed by atoms with Crippen LogP contribution in [0.5, 0.6) is 0 Å². The quantitative estimate of drug-likeness (QED) is 0.884. The molecule has 2 atom stereocenters. The summed E-state index contributed by atoms with van der Waals surface area (Å²) in [5.74, 6) is 1.79. The molecule has 1 aromatic carbocycles. The molecule has 2 aromatic rings. The van der Waals surface area contributed by atoms with Gasteiger partial charge in [-0.05, 0) is 37.3 Å². The Kier molecular flexibility index (Phi) is 3.38. The van der Waals surface area contributed by atoms with Gasteiger partial charge < -0.3 is 11.1 Å². The second kappa shape index (κ2) is 5.17. The zero-order chi connectivity index (χ0) is 13.2. The van der Waals surface area contributed by atoms with E-state index < -0.39 is 0 Å². The van der Waals surface area contributed by atoms with E-state index in [0.29, 0.717) is 12.6 Å². The van der Waals surface area contributed by atoms with Gasteiger partial charge in [-0.1, -0.05) is 25.1 Å². The first-order valence-corrected chi connectivity index (χ1v) is 7.11. The van der Waals surface area contributed by atoms with Crippen molar-refractivity contribution in [2.45, 2.75) is 38.8 Å². The molecule has 1 saturated carbocycles. The second-order valence-electron chi connectivity index (χ2n) is 5.65. The number of hydrogen-bond acceptors (Lipinski definition) is 3. The smallest absolute Gasteiger partial charge is 0.131 e. The van der Waals surface area contributed by atoms with Gasteiger partial charge in [0.1, 0.15) is 5.82 Å². The number of nitrogens with one attached hydrogen (secondary N) is 1. The summed E-state index contributed by atoms with van der Waals surface area (Å²) in [5.41, 5.74) is 8.01. The van der Waals surface area contributed by atoms with Crippen LogP contribution in [0, 0.1) is 5.92 Å². The van der Waals surface area contributed by atoms with E-state index in [1.807, 2.05) is 12.1 Å². The number of pyridine rings is 1. The molecule has 3 nitrogen and oxygen atoms in total. The molecule has 0 bridgehead atoms. The molecule has 1 fully saturated rings. The van der Waals surface area contributed by atoms with Gasteiger partial charge in [-0.15, -0.1) is 0 Å². The molecular formula is C16H21N3. The van der Waals surface area contributed by atoms with Gasteiger partial charge in [0.2, 0.25) is 0 Å². The van der Waals surface area contributed by atoms with E-state index in [0.717, 1.165) is 28.2 Å². The van der Waals surface area contributed by atoms with Crippen LogP contribution in [-0.4, -0.2) is 11.0 Å². The molecule has 0 amide bonds. The van der Waals surface area contributed by atoms with Crippen molar-refractivity contribution < 1.29 is 0 Å². The zero-order valence-electron chi connectivity index (χ0n) is 11.4. The van der Waals surface area contributed by atoms with E-state index in [9.17, 15) is 0 Å². The summed E-state index contributed by atoms with van der Waals surface area (Å²) in [6.07, 6.45) is 3.78. The number of aromatic nitrogens is 1. The molecule has 1 aliphatic carbocycles.